The Bertz CT molecular complexity index is 832. The molecule has 0 saturated heterocycles. The molecule has 2 aromatic rings. The van der Waals surface area contributed by atoms with Gasteiger partial charge in [0.2, 0.25) is 5.95 Å². The maximum atomic E-state index is 11.6. The van der Waals surface area contributed by atoms with E-state index in [0.717, 1.165) is 0 Å². The molecule has 0 atom stereocenters. The van der Waals surface area contributed by atoms with Crippen molar-refractivity contribution >= 4 is 17.7 Å². The second-order valence-electron chi connectivity index (χ2n) is 4.73. The summed E-state index contributed by atoms with van der Waals surface area (Å²) in [5.74, 6) is -0.120. The van der Waals surface area contributed by atoms with Crippen LogP contribution >= 0.6 is 0 Å². The molecule has 1 aromatic heterocycles. The minimum atomic E-state index is -0.540. The topological polar surface area (TPSA) is 146 Å². The van der Waals surface area contributed by atoms with E-state index in [9.17, 15) is 10.1 Å². The number of para-hydroxylation sites is 1. The van der Waals surface area contributed by atoms with Crippen molar-refractivity contribution in [2.24, 2.45) is 0 Å². The van der Waals surface area contributed by atoms with Crippen molar-refractivity contribution in [3.8, 4) is 28.8 Å². The number of aromatic nitrogens is 2. The third-order valence-electron chi connectivity index (χ3n) is 3.16. The average Bonchev–Trinajstić information content (AvgIpc) is 2.59. The van der Waals surface area contributed by atoms with Crippen LogP contribution in [0.15, 0.2) is 18.2 Å². The highest BCUT2D eigenvalue weighted by Crippen LogP contribution is 2.39. The van der Waals surface area contributed by atoms with Crippen molar-refractivity contribution < 1.29 is 19.0 Å². The molecule has 0 aliphatic heterocycles. The molecule has 4 N–H and O–H groups in total. The lowest BCUT2D eigenvalue weighted by molar-refractivity contribution is -0.145. The molecule has 9 nitrogen and oxygen atoms in total. The fourth-order valence-electron chi connectivity index (χ4n) is 2.15. The van der Waals surface area contributed by atoms with Crippen LogP contribution in [0.1, 0.15) is 12.5 Å². The zero-order chi connectivity index (χ0) is 18.4. The molecule has 1 heterocycles. The first-order valence-electron chi connectivity index (χ1n) is 7.30. The Morgan fingerprint density at radius 2 is 2.08 bits per heavy atom. The molecule has 0 radical (unpaired) electrons. The summed E-state index contributed by atoms with van der Waals surface area (Å²) in [7, 11) is 1.45. The van der Waals surface area contributed by atoms with Crippen LogP contribution in [0.4, 0.5) is 11.8 Å². The SMILES string of the molecule is CCOC(=O)COc1c(OC)cccc1-c1nc(N)nc(N)c1C#N. The van der Waals surface area contributed by atoms with Crippen molar-refractivity contribution in [3.05, 3.63) is 23.8 Å². The molecule has 0 spiro atoms. The van der Waals surface area contributed by atoms with E-state index in [-0.39, 0.29) is 42.0 Å². The van der Waals surface area contributed by atoms with E-state index in [2.05, 4.69) is 9.97 Å². The quantitative estimate of drug-likeness (QED) is 0.736. The van der Waals surface area contributed by atoms with E-state index in [1.54, 1.807) is 25.1 Å². The summed E-state index contributed by atoms with van der Waals surface area (Å²) in [5, 5.41) is 9.36. The molecule has 0 aliphatic rings. The zero-order valence-electron chi connectivity index (χ0n) is 13.8. The highest BCUT2D eigenvalue weighted by atomic mass is 16.6. The van der Waals surface area contributed by atoms with E-state index >= 15 is 0 Å². The lowest BCUT2D eigenvalue weighted by Crippen LogP contribution is -2.15. The monoisotopic (exact) mass is 343 g/mol. The number of carbonyl (C=O) groups is 1. The minimum Gasteiger partial charge on any atom is -0.493 e. The van der Waals surface area contributed by atoms with Gasteiger partial charge in [-0.25, -0.2) is 9.78 Å². The standard InChI is InChI=1S/C16H17N5O4/c1-3-24-12(22)8-25-14-9(5-4-6-11(14)23-2)13-10(7-17)15(18)21-16(19)20-13/h4-6H,3,8H2,1-2H3,(H4,18,19,20,21). The molecule has 0 saturated carbocycles. The van der Waals surface area contributed by atoms with Crippen molar-refractivity contribution in [1.29, 1.82) is 5.26 Å². The summed E-state index contributed by atoms with van der Waals surface area (Å²) in [6, 6.07) is 6.91. The van der Waals surface area contributed by atoms with Crippen molar-refractivity contribution in [2.75, 3.05) is 31.8 Å². The Morgan fingerprint density at radius 1 is 1.32 bits per heavy atom. The van der Waals surface area contributed by atoms with E-state index in [0.29, 0.717) is 11.3 Å². The highest BCUT2D eigenvalue weighted by molar-refractivity contribution is 5.80. The number of esters is 1. The van der Waals surface area contributed by atoms with Gasteiger partial charge in [0.1, 0.15) is 17.5 Å². The Kier molecular flexibility index (Phi) is 5.58. The number of rotatable bonds is 6. The molecular formula is C16H17N5O4. The molecule has 0 bridgehead atoms. The average molecular weight is 343 g/mol. The van der Waals surface area contributed by atoms with Gasteiger partial charge in [-0.2, -0.15) is 10.2 Å². The van der Waals surface area contributed by atoms with Gasteiger partial charge in [0.25, 0.3) is 0 Å². The second-order valence-corrected chi connectivity index (χ2v) is 4.73. The molecule has 0 unspecified atom stereocenters. The van der Waals surface area contributed by atoms with Crippen LogP contribution in [0.25, 0.3) is 11.3 Å². The first-order chi connectivity index (χ1) is 12.0. The summed E-state index contributed by atoms with van der Waals surface area (Å²) in [5.41, 5.74) is 12.0. The van der Waals surface area contributed by atoms with Gasteiger partial charge < -0.3 is 25.7 Å². The molecule has 0 fully saturated rings. The first kappa shape index (κ1) is 17.8. The van der Waals surface area contributed by atoms with Gasteiger partial charge >= 0.3 is 5.97 Å². The molecule has 9 heteroatoms. The van der Waals surface area contributed by atoms with Crippen LogP contribution in [-0.2, 0) is 9.53 Å². The lowest BCUT2D eigenvalue weighted by atomic mass is 10.1. The number of ether oxygens (including phenoxy) is 3. The highest BCUT2D eigenvalue weighted by Gasteiger charge is 2.20. The van der Waals surface area contributed by atoms with Gasteiger partial charge in [-0.1, -0.05) is 6.07 Å². The predicted molar refractivity (Wildman–Crippen MR) is 89.7 cm³/mol. The maximum absolute atomic E-state index is 11.6. The van der Waals surface area contributed by atoms with E-state index in [1.165, 1.54) is 7.11 Å². The van der Waals surface area contributed by atoms with Gasteiger partial charge in [-0.15, -0.1) is 0 Å². The zero-order valence-corrected chi connectivity index (χ0v) is 13.8. The summed E-state index contributed by atoms with van der Waals surface area (Å²) >= 11 is 0. The predicted octanol–water partition coefficient (Wildman–Crippen LogP) is 1.13. The minimum absolute atomic E-state index is 0.0448. The summed E-state index contributed by atoms with van der Waals surface area (Å²) in [6.45, 7) is 1.59. The summed E-state index contributed by atoms with van der Waals surface area (Å²) in [6.07, 6.45) is 0. The second kappa shape index (κ2) is 7.83. The number of nitrogens with zero attached hydrogens (tertiary/aromatic N) is 3. The van der Waals surface area contributed by atoms with Gasteiger partial charge in [-0.3, -0.25) is 0 Å². The van der Waals surface area contributed by atoms with Crippen molar-refractivity contribution in [2.45, 2.75) is 6.92 Å². The van der Waals surface area contributed by atoms with Crippen LogP contribution in [0.3, 0.4) is 0 Å². The molecule has 0 amide bonds. The largest absolute Gasteiger partial charge is 0.493 e. The normalized spacial score (nSPS) is 9.96. The van der Waals surface area contributed by atoms with Crippen LogP contribution in [0, 0.1) is 11.3 Å². The number of hydrogen-bond donors (Lipinski definition) is 2. The number of nitrogen functional groups attached to an aromatic ring is 2. The third kappa shape index (κ3) is 3.87. The number of methoxy groups -OCH3 is 1. The fourth-order valence-corrected chi connectivity index (χ4v) is 2.15. The number of anilines is 2. The van der Waals surface area contributed by atoms with Crippen molar-refractivity contribution in [1.82, 2.24) is 9.97 Å². The van der Waals surface area contributed by atoms with Crippen LogP contribution in [-0.4, -0.2) is 36.3 Å². The Balaban J connectivity index is 2.56. The van der Waals surface area contributed by atoms with E-state index in [1.807, 2.05) is 6.07 Å². The Labute approximate surface area is 144 Å². The van der Waals surface area contributed by atoms with E-state index in [4.69, 9.17) is 25.7 Å². The molecule has 0 aliphatic carbocycles. The molecule has 1 aromatic carbocycles. The van der Waals surface area contributed by atoms with Gasteiger partial charge in [0, 0.05) is 5.56 Å². The summed E-state index contributed by atoms with van der Waals surface area (Å²) in [4.78, 5) is 19.5. The molecule has 25 heavy (non-hydrogen) atoms. The molecular weight excluding hydrogens is 326 g/mol. The van der Waals surface area contributed by atoms with Gasteiger partial charge in [0.05, 0.1) is 19.4 Å². The molecule has 2 rings (SSSR count). The number of hydrogen-bond acceptors (Lipinski definition) is 9. The number of nitriles is 1. The van der Waals surface area contributed by atoms with Gasteiger partial charge in [-0.05, 0) is 19.1 Å². The first-order valence-corrected chi connectivity index (χ1v) is 7.30. The van der Waals surface area contributed by atoms with Gasteiger partial charge in [0.15, 0.2) is 18.1 Å². The van der Waals surface area contributed by atoms with Crippen molar-refractivity contribution in [3.63, 3.8) is 0 Å². The summed E-state index contributed by atoms with van der Waals surface area (Å²) < 4.78 is 15.7. The number of benzene rings is 1. The van der Waals surface area contributed by atoms with E-state index < -0.39 is 5.97 Å². The van der Waals surface area contributed by atoms with Crippen LogP contribution < -0.4 is 20.9 Å². The third-order valence-corrected chi connectivity index (χ3v) is 3.16. The maximum Gasteiger partial charge on any atom is 0.344 e. The Hall–Kier alpha value is -3.54. The fraction of sp³-hybridized carbons (Fsp3) is 0.250. The number of carbonyl (C=O) groups excluding carboxylic acids is 1. The van der Waals surface area contributed by atoms with Crippen LogP contribution in [0.5, 0.6) is 11.5 Å². The Morgan fingerprint density at radius 3 is 2.72 bits per heavy atom. The lowest BCUT2D eigenvalue weighted by Gasteiger charge is -2.15. The smallest absolute Gasteiger partial charge is 0.344 e. The van der Waals surface area contributed by atoms with Crippen LogP contribution in [0.2, 0.25) is 0 Å². The molecule has 130 valence electrons. The number of nitrogens with two attached hydrogens (primary N) is 2.